The van der Waals surface area contributed by atoms with Crippen LogP contribution in [0.1, 0.15) is 168 Å². The number of hydrogen-bond acceptors (Lipinski definition) is 5. The molecule has 0 aliphatic heterocycles. The third kappa shape index (κ3) is 32.8. The molecule has 0 aliphatic rings. The van der Waals surface area contributed by atoms with Gasteiger partial charge in [0.25, 0.3) is 0 Å². The van der Waals surface area contributed by atoms with Gasteiger partial charge in [-0.2, -0.15) is 0 Å². The van der Waals surface area contributed by atoms with Crippen molar-refractivity contribution in [1.29, 1.82) is 0 Å². The van der Waals surface area contributed by atoms with Crippen LogP contribution in [0.2, 0.25) is 0 Å². The fourth-order valence-corrected chi connectivity index (χ4v) is 4.79. The van der Waals surface area contributed by atoms with Gasteiger partial charge < -0.3 is 14.6 Å². The number of esters is 2. The van der Waals surface area contributed by atoms with Crippen LogP contribution in [0.25, 0.3) is 0 Å². The van der Waals surface area contributed by atoms with E-state index in [1.807, 2.05) is 0 Å². The zero-order valence-corrected chi connectivity index (χ0v) is 28.7. The van der Waals surface area contributed by atoms with Crippen LogP contribution in [0.15, 0.2) is 48.6 Å². The Hall–Kier alpha value is -2.14. The molecule has 1 atom stereocenters. The van der Waals surface area contributed by atoms with Gasteiger partial charge >= 0.3 is 11.9 Å². The first-order valence-electron chi connectivity index (χ1n) is 18.2. The van der Waals surface area contributed by atoms with Crippen LogP contribution in [0.3, 0.4) is 0 Å². The van der Waals surface area contributed by atoms with E-state index in [0.29, 0.717) is 12.8 Å². The summed E-state index contributed by atoms with van der Waals surface area (Å²) < 4.78 is 10.6. The van der Waals surface area contributed by atoms with Gasteiger partial charge in [0.15, 0.2) is 6.10 Å². The maximum Gasteiger partial charge on any atom is 0.306 e. The van der Waals surface area contributed by atoms with E-state index in [2.05, 4.69) is 62.5 Å². The average molecular weight is 617 g/mol. The highest BCUT2D eigenvalue weighted by Crippen LogP contribution is 2.12. The highest BCUT2D eigenvalue weighted by molar-refractivity contribution is 5.70. The number of ether oxygens (including phenoxy) is 2. The molecule has 254 valence electrons. The lowest BCUT2D eigenvalue weighted by Crippen LogP contribution is -2.28. The van der Waals surface area contributed by atoms with Crippen molar-refractivity contribution in [2.45, 2.75) is 174 Å². The van der Waals surface area contributed by atoms with Gasteiger partial charge in [-0.15, -0.1) is 0 Å². The molecule has 0 heterocycles. The summed E-state index contributed by atoms with van der Waals surface area (Å²) in [6, 6.07) is 0. The quantitative estimate of drug-likeness (QED) is 0.0352. The van der Waals surface area contributed by atoms with E-state index < -0.39 is 6.10 Å². The fourth-order valence-electron chi connectivity index (χ4n) is 4.79. The first kappa shape index (κ1) is 41.9. The van der Waals surface area contributed by atoms with E-state index in [1.165, 1.54) is 77.0 Å². The molecule has 0 rings (SSSR count). The second kappa shape index (κ2) is 35.3. The number of hydrogen-bond donors (Lipinski definition) is 1. The molecule has 0 saturated carbocycles. The van der Waals surface area contributed by atoms with E-state index in [-0.39, 0.29) is 25.2 Å². The SMILES string of the molecule is CCCC/C=C/C=C/CCCCCCCCCC(=O)OCC(CO)OC(=O)CCCCCCC/C=C/C/C=C/CCCCC. The van der Waals surface area contributed by atoms with Crippen LogP contribution in [0.4, 0.5) is 0 Å². The minimum atomic E-state index is -0.781. The molecule has 1 N–H and O–H groups in total. The molecule has 0 aliphatic carbocycles. The predicted octanol–water partition coefficient (Wildman–Crippen LogP) is 11.1. The van der Waals surface area contributed by atoms with E-state index >= 15 is 0 Å². The second-order valence-corrected chi connectivity index (χ2v) is 12.0. The summed E-state index contributed by atoms with van der Waals surface area (Å²) in [5.74, 6) is -0.621. The molecule has 0 aromatic carbocycles. The normalized spacial score (nSPS) is 12.7. The molecular formula is C39H68O5. The summed E-state index contributed by atoms with van der Waals surface area (Å²) in [6.45, 7) is 4.03. The molecule has 0 aromatic heterocycles. The molecule has 0 bridgehead atoms. The second-order valence-electron chi connectivity index (χ2n) is 12.0. The Labute approximate surface area is 271 Å². The van der Waals surface area contributed by atoms with Crippen molar-refractivity contribution < 1.29 is 24.2 Å². The monoisotopic (exact) mass is 617 g/mol. The molecule has 0 aromatic rings. The standard InChI is InChI=1S/C39H68O5/c1-3-5-7-9-11-13-15-17-19-21-23-25-27-29-31-33-38(41)43-36-37(35-40)44-39(42)34-32-30-28-26-24-22-20-18-16-14-12-10-8-6-4-2/h9,11-15,18,20,37,40H,3-8,10,16-17,19,21-36H2,1-2H3/b11-9+,14-12+,15-13+,20-18+. The van der Waals surface area contributed by atoms with Crippen LogP contribution in [-0.2, 0) is 19.1 Å². The Morgan fingerprint density at radius 1 is 0.545 bits per heavy atom. The molecule has 5 nitrogen and oxygen atoms in total. The van der Waals surface area contributed by atoms with Crippen LogP contribution in [-0.4, -0.2) is 36.4 Å². The molecule has 0 radical (unpaired) electrons. The maximum absolute atomic E-state index is 12.1. The summed E-state index contributed by atoms with van der Waals surface area (Å²) in [4.78, 5) is 24.2. The maximum atomic E-state index is 12.1. The zero-order chi connectivity index (χ0) is 32.2. The van der Waals surface area contributed by atoms with Gasteiger partial charge in [-0.05, 0) is 64.2 Å². The van der Waals surface area contributed by atoms with Crippen LogP contribution in [0.5, 0.6) is 0 Å². The number of aliphatic hydroxyl groups excluding tert-OH is 1. The summed E-state index contributed by atoms with van der Waals surface area (Å²) in [6.07, 6.45) is 43.0. The third-order valence-corrected chi connectivity index (χ3v) is 7.62. The zero-order valence-electron chi connectivity index (χ0n) is 28.7. The molecule has 5 heteroatoms. The average Bonchev–Trinajstić information content (AvgIpc) is 3.02. The number of unbranched alkanes of at least 4 members (excludes halogenated alkanes) is 17. The summed E-state index contributed by atoms with van der Waals surface area (Å²) in [5.41, 5.74) is 0. The number of aliphatic hydroxyl groups is 1. The summed E-state index contributed by atoms with van der Waals surface area (Å²) >= 11 is 0. The van der Waals surface area contributed by atoms with Crippen molar-refractivity contribution in [2.75, 3.05) is 13.2 Å². The van der Waals surface area contributed by atoms with Gasteiger partial charge in [0, 0.05) is 12.8 Å². The van der Waals surface area contributed by atoms with Gasteiger partial charge in [0.2, 0.25) is 0 Å². The number of carbonyl (C=O) groups excluding carboxylic acids is 2. The lowest BCUT2D eigenvalue weighted by atomic mass is 10.1. The molecule has 0 saturated heterocycles. The van der Waals surface area contributed by atoms with Crippen LogP contribution < -0.4 is 0 Å². The largest absolute Gasteiger partial charge is 0.462 e. The minimum absolute atomic E-state index is 0.0772. The van der Waals surface area contributed by atoms with E-state index in [1.54, 1.807) is 0 Å². The lowest BCUT2D eigenvalue weighted by Gasteiger charge is -2.15. The van der Waals surface area contributed by atoms with Gasteiger partial charge in [-0.25, -0.2) is 0 Å². The predicted molar refractivity (Wildman–Crippen MR) is 187 cm³/mol. The molecular weight excluding hydrogens is 548 g/mol. The molecule has 0 spiro atoms. The van der Waals surface area contributed by atoms with Crippen LogP contribution >= 0.6 is 0 Å². The molecule has 0 amide bonds. The van der Waals surface area contributed by atoms with Crippen molar-refractivity contribution in [3.05, 3.63) is 48.6 Å². The molecule has 44 heavy (non-hydrogen) atoms. The van der Waals surface area contributed by atoms with Crippen molar-refractivity contribution in [2.24, 2.45) is 0 Å². The first-order valence-corrected chi connectivity index (χ1v) is 18.2. The highest BCUT2D eigenvalue weighted by atomic mass is 16.6. The Morgan fingerprint density at radius 3 is 1.55 bits per heavy atom. The first-order chi connectivity index (χ1) is 21.6. The smallest absolute Gasteiger partial charge is 0.306 e. The Morgan fingerprint density at radius 2 is 1.00 bits per heavy atom. The van der Waals surface area contributed by atoms with Gasteiger partial charge in [-0.1, -0.05) is 140 Å². The fraction of sp³-hybridized carbons (Fsp3) is 0.744. The highest BCUT2D eigenvalue weighted by Gasteiger charge is 2.16. The Balaban J connectivity index is 3.62. The van der Waals surface area contributed by atoms with Gasteiger partial charge in [0.05, 0.1) is 6.61 Å². The minimum Gasteiger partial charge on any atom is -0.462 e. The lowest BCUT2D eigenvalue weighted by molar-refractivity contribution is -0.161. The summed E-state index contributed by atoms with van der Waals surface area (Å²) in [5, 5.41) is 9.52. The Bertz CT molecular complexity index is 752. The molecule has 1 unspecified atom stereocenters. The third-order valence-electron chi connectivity index (χ3n) is 7.62. The van der Waals surface area contributed by atoms with E-state index in [0.717, 1.165) is 64.2 Å². The van der Waals surface area contributed by atoms with Crippen molar-refractivity contribution in [1.82, 2.24) is 0 Å². The van der Waals surface area contributed by atoms with Crippen molar-refractivity contribution in [3.63, 3.8) is 0 Å². The Kier molecular flexibility index (Phi) is 33.6. The van der Waals surface area contributed by atoms with Crippen LogP contribution in [0, 0.1) is 0 Å². The van der Waals surface area contributed by atoms with Gasteiger partial charge in [-0.3, -0.25) is 9.59 Å². The van der Waals surface area contributed by atoms with Gasteiger partial charge in [0.1, 0.15) is 6.61 Å². The van der Waals surface area contributed by atoms with E-state index in [9.17, 15) is 14.7 Å². The summed E-state index contributed by atoms with van der Waals surface area (Å²) in [7, 11) is 0. The number of carbonyl (C=O) groups is 2. The van der Waals surface area contributed by atoms with E-state index in [4.69, 9.17) is 9.47 Å². The molecule has 0 fully saturated rings. The number of rotatable bonds is 32. The topological polar surface area (TPSA) is 72.8 Å². The van der Waals surface area contributed by atoms with Crippen molar-refractivity contribution >= 4 is 11.9 Å². The number of allylic oxidation sites excluding steroid dienone is 8. The van der Waals surface area contributed by atoms with Crippen molar-refractivity contribution in [3.8, 4) is 0 Å².